The Labute approximate surface area is 169 Å². The fraction of sp³-hybridized carbons (Fsp3) is 0.286. The van der Waals surface area contributed by atoms with Crippen molar-refractivity contribution in [3.8, 4) is 0 Å². The first kappa shape index (κ1) is 20.7. The van der Waals surface area contributed by atoms with Crippen LogP contribution in [0.4, 0.5) is 5.69 Å². The van der Waals surface area contributed by atoms with E-state index in [0.717, 1.165) is 12.7 Å². The number of rotatable bonds is 6. The van der Waals surface area contributed by atoms with Gasteiger partial charge in [-0.25, -0.2) is 8.42 Å². The number of carbonyl (C=O) groups is 3. The van der Waals surface area contributed by atoms with Gasteiger partial charge in [0, 0.05) is 25.4 Å². The molecule has 0 atom stereocenters. The molecule has 29 heavy (non-hydrogen) atoms. The second-order valence-electron chi connectivity index (χ2n) is 6.98. The van der Waals surface area contributed by atoms with E-state index in [1.165, 1.54) is 41.1 Å². The summed E-state index contributed by atoms with van der Waals surface area (Å²) in [5.41, 5.74) is 0.920. The van der Waals surface area contributed by atoms with Gasteiger partial charge in [0.25, 0.3) is 17.7 Å². The van der Waals surface area contributed by atoms with Gasteiger partial charge in [0.05, 0.1) is 21.7 Å². The highest BCUT2D eigenvalue weighted by atomic mass is 32.2. The maximum absolute atomic E-state index is 13.0. The summed E-state index contributed by atoms with van der Waals surface area (Å²) in [5.74, 6) is -1.24. The third-order valence-electron chi connectivity index (χ3n) is 4.88. The Kier molecular flexibility index (Phi) is 5.57. The van der Waals surface area contributed by atoms with E-state index in [4.69, 9.17) is 0 Å². The van der Waals surface area contributed by atoms with Gasteiger partial charge >= 0.3 is 0 Å². The molecule has 0 radical (unpaired) electrons. The van der Waals surface area contributed by atoms with Gasteiger partial charge in [-0.15, -0.1) is 0 Å². The molecule has 1 aliphatic rings. The summed E-state index contributed by atoms with van der Waals surface area (Å²) < 4.78 is 24.1. The Balaban J connectivity index is 1.95. The van der Waals surface area contributed by atoms with Crippen LogP contribution in [0.1, 0.15) is 50.8 Å². The second-order valence-corrected chi connectivity index (χ2v) is 8.96. The lowest BCUT2D eigenvalue weighted by atomic mass is 10.0. The first-order valence-corrected chi connectivity index (χ1v) is 11.1. The van der Waals surface area contributed by atoms with Gasteiger partial charge in [-0.1, -0.05) is 25.5 Å². The number of amides is 3. The van der Waals surface area contributed by atoms with E-state index >= 15 is 0 Å². The molecule has 7 nitrogen and oxygen atoms in total. The van der Waals surface area contributed by atoms with Crippen LogP contribution in [0.2, 0.25) is 0 Å². The number of benzene rings is 2. The monoisotopic (exact) mass is 414 g/mol. The van der Waals surface area contributed by atoms with Gasteiger partial charge < -0.3 is 4.90 Å². The van der Waals surface area contributed by atoms with Crippen molar-refractivity contribution in [2.24, 2.45) is 0 Å². The van der Waals surface area contributed by atoms with E-state index in [0.29, 0.717) is 13.0 Å². The number of imide groups is 1. The van der Waals surface area contributed by atoms with Crippen LogP contribution >= 0.6 is 0 Å². The highest BCUT2D eigenvalue weighted by Crippen LogP contribution is 2.28. The molecule has 1 aliphatic heterocycles. The van der Waals surface area contributed by atoms with E-state index in [1.54, 1.807) is 18.2 Å². The Morgan fingerprint density at radius 2 is 1.69 bits per heavy atom. The maximum Gasteiger partial charge on any atom is 0.261 e. The Morgan fingerprint density at radius 3 is 2.34 bits per heavy atom. The summed E-state index contributed by atoms with van der Waals surface area (Å²) in [7, 11) is -2.06. The molecular weight excluding hydrogens is 392 g/mol. The zero-order chi connectivity index (χ0) is 21.3. The second kappa shape index (κ2) is 7.79. The molecule has 3 rings (SSSR count). The van der Waals surface area contributed by atoms with Crippen molar-refractivity contribution in [2.75, 3.05) is 24.7 Å². The number of unbranched alkanes of at least 4 members (excludes halogenated alkanes) is 1. The molecule has 0 saturated carbocycles. The Hall–Kier alpha value is -3.00. The van der Waals surface area contributed by atoms with Crippen molar-refractivity contribution < 1.29 is 22.8 Å². The van der Waals surface area contributed by atoms with E-state index in [9.17, 15) is 22.8 Å². The lowest BCUT2D eigenvalue weighted by molar-refractivity contribution is 0.0652. The summed E-state index contributed by atoms with van der Waals surface area (Å²) in [5, 5.41) is 0. The summed E-state index contributed by atoms with van der Waals surface area (Å²) in [4.78, 5) is 40.5. The minimum absolute atomic E-state index is 0.0361. The number of fused-ring (bicyclic) bond motifs is 1. The van der Waals surface area contributed by atoms with Crippen LogP contribution in [0.3, 0.4) is 0 Å². The predicted molar refractivity (Wildman–Crippen MR) is 109 cm³/mol. The molecule has 0 unspecified atom stereocenters. The largest absolute Gasteiger partial charge is 0.310 e. The van der Waals surface area contributed by atoms with Gasteiger partial charge in [-0.2, -0.15) is 0 Å². The Bertz CT molecular complexity index is 1110. The fourth-order valence-corrected chi connectivity index (χ4v) is 4.20. The molecule has 0 fully saturated rings. The number of para-hydroxylation sites is 1. The van der Waals surface area contributed by atoms with Crippen LogP contribution in [-0.2, 0) is 9.84 Å². The number of nitrogens with zero attached hydrogens (tertiary/aromatic N) is 2. The first-order valence-electron chi connectivity index (χ1n) is 9.24. The predicted octanol–water partition coefficient (Wildman–Crippen LogP) is 2.76. The Morgan fingerprint density at radius 1 is 1.03 bits per heavy atom. The standard InChI is InChI=1S/C21H22N2O5S/c1-4-5-12-23-20(25)15-11-10-14(13-16(15)21(23)26)19(24)22(2)17-8-6-7-9-18(17)29(3,27)28/h6-11,13H,4-5,12H2,1-3H3. The van der Waals surface area contributed by atoms with Crippen molar-refractivity contribution in [1.82, 2.24) is 4.90 Å². The third-order valence-corrected chi connectivity index (χ3v) is 6.03. The van der Waals surface area contributed by atoms with Gasteiger partial charge in [-0.3, -0.25) is 19.3 Å². The lowest BCUT2D eigenvalue weighted by Gasteiger charge is -2.20. The van der Waals surface area contributed by atoms with Crippen LogP contribution in [-0.4, -0.2) is 50.9 Å². The van der Waals surface area contributed by atoms with Gasteiger partial charge in [0.1, 0.15) is 0 Å². The summed E-state index contributed by atoms with van der Waals surface area (Å²) in [6.45, 7) is 2.31. The van der Waals surface area contributed by atoms with E-state index in [1.807, 2.05) is 6.92 Å². The van der Waals surface area contributed by atoms with Gasteiger partial charge in [-0.05, 0) is 36.8 Å². The smallest absolute Gasteiger partial charge is 0.261 e. The van der Waals surface area contributed by atoms with Gasteiger partial charge in [0.15, 0.2) is 9.84 Å². The van der Waals surface area contributed by atoms with E-state index < -0.39 is 21.7 Å². The average Bonchev–Trinajstić information content (AvgIpc) is 2.94. The van der Waals surface area contributed by atoms with Gasteiger partial charge in [0.2, 0.25) is 0 Å². The maximum atomic E-state index is 13.0. The molecule has 0 bridgehead atoms. The molecule has 0 aliphatic carbocycles. The highest BCUT2D eigenvalue weighted by molar-refractivity contribution is 7.90. The molecule has 152 valence electrons. The SMILES string of the molecule is CCCCN1C(=O)c2ccc(C(=O)N(C)c3ccccc3S(C)(=O)=O)cc2C1=O. The quantitative estimate of drug-likeness (QED) is 0.678. The fourth-order valence-electron chi connectivity index (χ4n) is 3.29. The number of anilines is 1. The molecule has 0 saturated heterocycles. The number of carbonyl (C=O) groups excluding carboxylic acids is 3. The molecule has 8 heteroatoms. The van der Waals surface area contributed by atoms with Crippen molar-refractivity contribution in [1.29, 1.82) is 0 Å². The van der Waals surface area contributed by atoms with Crippen LogP contribution in [0.25, 0.3) is 0 Å². The van der Waals surface area contributed by atoms with Crippen molar-refractivity contribution in [3.05, 3.63) is 59.2 Å². The number of hydrogen-bond acceptors (Lipinski definition) is 5. The van der Waals surface area contributed by atoms with Crippen LogP contribution in [0.5, 0.6) is 0 Å². The number of sulfone groups is 1. The molecular formula is C21H22N2O5S. The van der Waals surface area contributed by atoms with E-state index in [-0.39, 0.29) is 33.2 Å². The zero-order valence-electron chi connectivity index (χ0n) is 16.5. The highest BCUT2D eigenvalue weighted by Gasteiger charge is 2.35. The summed E-state index contributed by atoms with van der Waals surface area (Å²) >= 11 is 0. The average molecular weight is 414 g/mol. The van der Waals surface area contributed by atoms with Crippen LogP contribution in [0, 0.1) is 0 Å². The molecule has 1 heterocycles. The first-order chi connectivity index (χ1) is 13.7. The molecule has 0 aromatic heterocycles. The topological polar surface area (TPSA) is 91.8 Å². The zero-order valence-corrected chi connectivity index (χ0v) is 17.3. The van der Waals surface area contributed by atoms with E-state index in [2.05, 4.69) is 0 Å². The van der Waals surface area contributed by atoms with Crippen molar-refractivity contribution in [3.63, 3.8) is 0 Å². The molecule has 3 amide bonds. The van der Waals surface area contributed by atoms with Crippen molar-refractivity contribution in [2.45, 2.75) is 24.7 Å². The molecule has 0 N–H and O–H groups in total. The summed E-state index contributed by atoms with van der Waals surface area (Å²) in [6, 6.07) is 10.6. The van der Waals surface area contributed by atoms with Crippen LogP contribution < -0.4 is 4.90 Å². The summed E-state index contributed by atoms with van der Waals surface area (Å²) in [6.07, 6.45) is 2.64. The third kappa shape index (κ3) is 3.80. The van der Waals surface area contributed by atoms with Crippen LogP contribution in [0.15, 0.2) is 47.4 Å². The number of hydrogen-bond donors (Lipinski definition) is 0. The van der Waals surface area contributed by atoms with Crippen molar-refractivity contribution >= 4 is 33.2 Å². The minimum Gasteiger partial charge on any atom is -0.310 e. The minimum atomic E-state index is -3.54. The molecule has 2 aromatic rings. The lowest BCUT2D eigenvalue weighted by Crippen LogP contribution is -2.30. The molecule has 2 aromatic carbocycles. The normalized spacial score (nSPS) is 13.6. The molecule has 0 spiro atoms.